The molecule has 0 radical (unpaired) electrons. The molecule has 0 aliphatic heterocycles. The number of nitrogens with one attached hydrogen (secondary N) is 1. The molecule has 2 aromatic carbocycles. The number of thiophene rings is 1. The Morgan fingerprint density at radius 2 is 2.04 bits per heavy atom. The third kappa shape index (κ3) is 2.88. The Bertz CT molecular complexity index is 1040. The van der Waals surface area contributed by atoms with E-state index in [2.05, 4.69) is 10.3 Å². The number of methoxy groups -OCH3 is 1. The van der Waals surface area contributed by atoms with Crippen molar-refractivity contribution in [3.8, 4) is 11.4 Å². The predicted octanol–water partition coefficient (Wildman–Crippen LogP) is 4.35. The summed E-state index contributed by atoms with van der Waals surface area (Å²) in [5.41, 5.74) is 3.38. The third-order valence-corrected chi connectivity index (χ3v) is 4.76. The molecule has 4 aromatic rings. The number of carbonyl (C=O) groups is 1. The lowest BCUT2D eigenvalue weighted by molar-refractivity contribution is 0.103. The SMILES string of the molecule is COc1ccccc1-n1cnc2cc(NC(=O)c3cccs3)ccc21. The molecule has 0 unspecified atom stereocenters. The number of hydrogen-bond donors (Lipinski definition) is 1. The van der Waals surface area contributed by atoms with Gasteiger partial charge in [0.2, 0.25) is 0 Å². The summed E-state index contributed by atoms with van der Waals surface area (Å²) in [7, 11) is 1.65. The number of imidazole rings is 1. The molecule has 0 aliphatic rings. The first kappa shape index (κ1) is 15.4. The van der Waals surface area contributed by atoms with Gasteiger partial charge in [0.05, 0.1) is 28.7 Å². The van der Waals surface area contributed by atoms with Gasteiger partial charge in [0.1, 0.15) is 12.1 Å². The van der Waals surface area contributed by atoms with E-state index in [9.17, 15) is 4.79 Å². The molecule has 0 saturated carbocycles. The molecule has 0 spiro atoms. The van der Waals surface area contributed by atoms with Gasteiger partial charge in [-0.1, -0.05) is 18.2 Å². The number of carbonyl (C=O) groups excluding carboxylic acids is 1. The van der Waals surface area contributed by atoms with Gasteiger partial charge in [0.25, 0.3) is 5.91 Å². The molecule has 5 nitrogen and oxygen atoms in total. The summed E-state index contributed by atoms with van der Waals surface area (Å²) < 4.78 is 7.40. The maximum atomic E-state index is 12.2. The molecule has 0 atom stereocenters. The monoisotopic (exact) mass is 349 g/mol. The van der Waals surface area contributed by atoms with Gasteiger partial charge in [-0.2, -0.15) is 0 Å². The second-order valence-corrected chi connectivity index (χ2v) is 6.37. The number of aromatic nitrogens is 2. The Morgan fingerprint density at radius 3 is 2.84 bits per heavy atom. The molecular formula is C19H15N3O2S. The first-order chi connectivity index (χ1) is 12.3. The number of rotatable bonds is 4. The normalized spacial score (nSPS) is 10.8. The van der Waals surface area contributed by atoms with Crippen molar-refractivity contribution in [1.29, 1.82) is 0 Å². The van der Waals surface area contributed by atoms with Gasteiger partial charge in [-0.3, -0.25) is 9.36 Å². The zero-order chi connectivity index (χ0) is 17.2. The summed E-state index contributed by atoms with van der Waals surface area (Å²) in [4.78, 5) is 17.3. The van der Waals surface area contributed by atoms with Crippen LogP contribution >= 0.6 is 11.3 Å². The topological polar surface area (TPSA) is 56.1 Å². The lowest BCUT2D eigenvalue weighted by Gasteiger charge is -2.10. The molecule has 0 aliphatic carbocycles. The second kappa shape index (κ2) is 6.41. The van der Waals surface area contributed by atoms with Crippen molar-refractivity contribution in [1.82, 2.24) is 9.55 Å². The van der Waals surface area contributed by atoms with E-state index in [4.69, 9.17) is 4.74 Å². The van der Waals surface area contributed by atoms with Crippen molar-refractivity contribution in [2.24, 2.45) is 0 Å². The lowest BCUT2D eigenvalue weighted by Crippen LogP contribution is -2.09. The van der Waals surface area contributed by atoms with E-state index < -0.39 is 0 Å². The first-order valence-electron chi connectivity index (χ1n) is 7.71. The van der Waals surface area contributed by atoms with Crippen molar-refractivity contribution < 1.29 is 9.53 Å². The highest BCUT2D eigenvalue weighted by Crippen LogP contribution is 2.27. The molecule has 4 rings (SSSR count). The Hall–Kier alpha value is -3.12. The molecule has 2 heterocycles. The molecule has 1 N–H and O–H groups in total. The van der Waals surface area contributed by atoms with Crippen LogP contribution in [-0.2, 0) is 0 Å². The number of hydrogen-bond acceptors (Lipinski definition) is 4. The van der Waals surface area contributed by atoms with Crippen LogP contribution < -0.4 is 10.1 Å². The maximum Gasteiger partial charge on any atom is 0.265 e. The van der Waals surface area contributed by atoms with Gasteiger partial charge < -0.3 is 10.1 Å². The summed E-state index contributed by atoms with van der Waals surface area (Å²) >= 11 is 1.41. The van der Waals surface area contributed by atoms with Crippen LogP contribution in [0.2, 0.25) is 0 Å². The van der Waals surface area contributed by atoms with Crippen molar-refractivity contribution in [3.63, 3.8) is 0 Å². The van der Waals surface area contributed by atoms with Crippen molar-refractivity contribution in [2.75, 3.05) is 12.4 Å². The van der Waals surface area contributed by atoms with E-state index in [0.29, 0.717) is 4.88 Å². The molecule has 0 fully saturated rings. The van der Waals surface area contributed by atoms with Gasteiger partial charge in [-0.25, -0.2) is 4.98 Å². The number of amides is 1. The van der Waals surface area contributed by atoms with E-state index in [1.807, 2.05) is 58.5 Å². The van der Waals surface area contributed by atoms with Crippen LogP contribution in [0.15, 0.2) is 66.3 Å². The van der Waals surface area contributed by atoms with Crippen molar-refractivity contribution in [3.05, 3.63) is 71.2 Å². The highest BCUT2D eigenvalue weighted by molar-refractivity contribution is 7.12. The number of ether oxygens (including phenoxy) is 1. The average Bonchev–Trinajstić information content (AvgIpc) is 3.31. The smallest absolute Gasteiger partial charge is 0.265 e. The quantitative estimate of drug-likeness (QED) is 0.596. The van der Waals surface area contributed by atoms with Crippen LogP contribution in [0.25, 0.3) is 16.7 Å². The van der Waals surface area contributed by atoms with Gasteiger partial charge in [-0.05, 0) is 41.8 Å². The number of fused-ring (bicyclic) bond motifs is 1. The Balaban J connectivity index is 1.68. The first-order valence-corrected chi connectivity index (χ1v) is 8.59. The van der Waals surface area contributed by atoms with Crippen LogP contribution in [0.5, 0.6) is 5.75 Å². The summed E-state index contributed by atoms with van der Waals surface area (Å²) in [6.07, 6.45) is 1.76. The maximum absolute atomic E-state index is 12.2. The largest absolute Gasteiger partial charge is 0.495 e. The van der Waals surface area contributed by atoms with Gasteiger partial charge in [0.15, 0.2) is 0 Å². The third-order valence-electron chi connectivity index (χ3n) is 3.89. The number of anilines is 1. The fraction of sp³-hybridized carbons (Fsp3) is 0.0526. The van der Waals surface area contributed by atoms with E-state index in [1.54, 1.807) is 19.5 Å². The van der Waals surface area contributed by atoms with Crippen molar-refractivity contribution >= 4 is 34.0 Å². The predicted molar refractivity (Wildman–Crippen MR) is 99.9 cm³/mol. The second-order valence-electron chi connectivity index (χ2n) is 5.42. The fourth-order valence-corrected chi connectivity index (χ4v) is 3.33. The van der Waals surface area contributed by atoms with E-state index in [1.165, 1.54) is 11.3 Å². The van der Waals surface area contributed by atoms with Crippen LogP contribution in [-0.4, -0.2) is 22.6 Å². The molecule has 124 valence electrons. The highest BCUT2D eigenvalue weighted by Gasteiger charge is 2.11. The summed E-state index contributed by atoms with van der Waals surface area (Å²) in [6.45, 7) is 0. The zero-order valence-electron chi connectivity index (χ0n) is 13.5. The fourth-order valence-electron chi connectivity index (χ4n) is 2.71. The molecule has 25 heavy (non-hydrogen) atoms. The minimum Gasteiger partial charge on any atom is -0.495 e. The number of benzene rings is 2. The summed E-state index contributed by atoms with van der Waals surface area (Å²) in [5, 5.41) is 4.79. The number of nitrogens with zero attached hydrogens (tertiary/aromatic N) is 2. The zero-order valence-corrected chi connectivity index (χ0v) is 14.3. The van der Waals surface area contributed by atoms with Gasteiger partial charge >= 0.3 is 0 Å². The van der Waals surface area contributed by atoms with E-state index in [0.717, 1.165) is 28.2 Å². The molecule has 6 heteroatoms. The molecule has 2 aromatic heterocycles. The highest BCUT2D eigenvalue weighted by atomic mass is 32.1. The minimum absolute atomic E-state index is 0.112. The molecule has 1 amide bonds. The summed E-state index contributed by atoms with van der Waals surface area (Å²) in [5.74, 6) is 0.662. The molecule has 0 bridgehead atoms. The molecule has 0 saturated heterocycles. The van der Waals surface area contributed by atoms with E-state index in [-0.39, 0.29) is 5.91 Å². The average molecular weight is 349 g/mol. The standard InChI is InChI=1S/C19H15N3O2S/c1-24-17-6-3-2-5-16(17)22-12-20-14-11-13(8-9-15(14)22)21-19(23)18-7-4-10-25-18/h2-12H,1H3,(H,21,23). The molecular weight excluding hydrogens is 334 g/mol. The van der Waals surface area contributed by atoms with Crippen LogP contribution in [0.3, 0.4) is 0 Å². The lowest BCUT2D eigenvalue weighted by atomic mass is 10.2. The van der Waals surface area contributed by atoms with Crippen LogP contribution in [0.4, 0.5) is 5.69 Å². The van der Waals surface area contributed by atoms with Crippen LogP contribution in [0.1, 0.15) is 9.67 Å². The minimum atomic E-state index is -0.112. The van der Waals surface area contributed by atoms with Gasteiger partial charge in [-0.15, -0.1) is 11.3 Å². The van der Waals surface area contributed by atoms with Gasteiger partial charge in [0, 0.05) is 5.69 Å². The number of para-hydroxylation sites is 2. The summed E-state index contributed by atoms with van der Waals surface area (Å²) in [6, 6.07) is 17.1. The van der Waals surface area contributed by atoms with E-state index >= 15 is 0 Å². The van der Waals surface area contributed by atoms with Crippen LogP contribution in [0, 0.1) is 0 Å². The Labute approximate surface area is 148 Å². The Kier molecular flexibility index (Phi) is 3.95. The Morgan fingerprint density at radius 1 is 1.16 bits per heavy atom. The van der Waals surface area contributed by atoms with Crippen molar-refractivity contribution in [2.45, 2.75) is 0 Å².